The molecule has 1 aliphatic rings. The molecule has 2 unspecified atom stereocenters. The zero-order chi connectivity index (χ0) is 8.97. The topological polar surface area (TPSA) is 60.2 Å². The fourth-order valence-corrected chi connectivity index (χ4v) is 0.955. The first-order chi connectivity index (χ1) is 5.72. The van der Waals surface area contributed by atoms with Gasteiger partial charge < -0.3 is 10.6 Å². The summed E-state index contributed by atoms with van der Waals surface area (Å²) in [7, 11) is 0. The SMILES string of the molecule is CC(C#N)CNC1=NCC(C)N1.I. The average Bonchev–Trinajstić information content (AvgIpc) is 2.47. The number of halogens is 1. The number of rotatable bonds is 2. The Balaban J connectivity index is 0.00000144. The standard InChI is InChI=1S/C8H14N4.HI/c1-6(3-9)4-10-8-11-5-7(2)12-8;/h6-7H,4-5H2,1-2H3,(H2,10,11,12);1H. The molecule has 5 heteroatoms. The lowest BCUT2D eigenvalue weighted by Crippen LogP contribution is -2.39. The second kappa shape index (κ2) is 6.02. The molecule has 13 heavy (non-hydrogen) atoms. The van der Waals surface area contributed by atoms with Crippen molar-refractivity contribution < 1.29 is 0 Å². The van der Waals surface area contributed by atoms with E-state index < -0.39 is 0 Å². The lowest BCUT2D eigenvalue weighted by Gasteiger charge is -2.08. The third kappa shape index (κ3) is 4.31. The molecule has 1 aliphatic heterocycles. The number of hydrogen-bond donors (Lipinski definition) is 2. The predicted molar refractivity (Wildman–Crippen MR) is 63.1 cm³/mol. The van der Waals surface area contributed by atoms with E-state index >= 15 is 0 Å². The highest BCUT2D eigenvalue weighted by atomic mass is 127. The van der Waals surface area contributed by atoms with E-state index in [0.717, 1.165) is 12.5 Å². The molecule has 0 aromatic heterocycles. The van der Waals surface area contributed by atoms with Crippen molar-refractivity contribution in [2.24, 2.45) is 10.9 Å². The monoisotopic (exact) mass is 294 g/mol. The van der Waals surface area contributed by atoms with Gasteiger partial charge in [-0.1, -0.05) is 0 Å². The molecule has 0 amide bonds. The van der Waals surface area contributed by atoms with Crippen molar-refractivity contribution in [1.82, 2.24) is 10.6 Å². The number of nitriles is 1. The molecule has 0 bridgehead atoms. The lowest BCUT2D eigenvalue weighted by molar-refractivity contribution is 0.675. The number of nitrogens with zero attached hydrogens (tertiary/aromatic N) is 2. The second-order valence-electron chi connectivity index (χ2n) is 3.15. The van der Waals surface area contributed by atoms with E-state index in [-0.39, 0.29) is 29.9 Å². The van der Waals surface area contributed by atoms with Crippen LogP contribution in [-0.2, 0) is 0 Å². The van der Waals surface area contributed by atoms with Gasteiger partial charge in [-0.2, -0.15) is 5.26 Å². The predicted octanol–water partition coefficient (Wildman–Crippen LogP) is 0.701. The molecule has 0 saturated carbocycles. The van der Waals surface area contributed by atoms with Crippen LogP contribution >= 0.6 is 24.0 Å². The Hall–Kier alpha value is -0.510. The molecule has 0 aromatic rings. The summed E-state index contributed by atoms with van der Waals surface area (Å²) in [4.78, 5) is 4.21. The summed E-state index contributed by atoms with van der Waals surface area (Å²) in [5.41, 5.74) is 0. The van der Waals surface area contributed by atoms with Crippen LogP contribution in [-0.4, -0.2) is 25.1 Å². The first-order valence-corrected chi connectivity index (χ1v) is 4.17. The van der Waals surface area contributed by atoms with Crippen LogP contribution in [0.3, 0.4) is 0 Å². The maximum absolute atomic E-state index is 8.51. The van der Waals surface area contributed by atoms with Gasteiger partial charge in [-0.3, -0.25) is 4.99 Å². The van der Waals surface area contributed by atoms with Crippen LogP contribution in [0.5, 0.6) is 0 Å². The first kappa shape index (κ1) is 12.5. The van der Waals surface area contributed by atoms with Crippen molar-refractivity contribution in [3.8, 4) is 6.07 Å². The minimum Gasteiger partial charge on any atom is -0.355 e. The van der Waals surface area contributed by atoms with Crippen LogP contribution in [0, 0.1) is 17.2 Å². The molecule has 0 aromatic carbocycles. The van der Waals surface area contributed by atoms with E-state index in [1.165, 1.54) is 0 Å². The highest BCUT2D eigenvalue weighted by molar-refractivity contribution is 14.0. The largest absolute Gasteiger partial charge is 0.355 e. The second-order valence-corrected chi connectivity index (χ2v) is 3.15. The van der Waals surface area contributed by atoms with Gasteiger partial charge in [0.2, 0.25) is 0 Å². The van der Waals surface area contributed by atoms with Gasteiger partial charge in [0, 0.05) is 12.6 Å². The Kier molecular flexibility index (Phi) is 5.79. The maximum Gasteiger partial charge on any atom is 0.191 e. The summed E-state index contributed by atoms with van der Waals surface area (Å²) < 4.78 is 0. The van der Waals surface area contributed by atoms with Crippen molar-refractivity contribution >= 4 is 29.9 Å². The van der Waals surface area contributed by atoms with Gasteiger partial charge in [0.05, 0.1) is 18.5 Å². The molecule has 0 fully saturated rings. The fraction of sp³-hybridized carbons (Fsp3) is 0.750. The van der Waals surface area contributed by atoms with Crippen molar-refractivity contribution in [3.63, 3.8) is 0 Å². The van der Waals surface area contributed by atoms with Crippen molar-refractivity contribution in [2.45, 2.75) is 19.9 Å². The van der Waals surface area contributed by atoms with Crippen LogP contribution < -0.4 is 10.6 Å². The molecule has 0 spiro atoms. The van der Waals surface area contributed by atoms with E-state index in [9.17, 15) is 0 Å². The van der Waals surface area contributed by atoms with E-state index in [1.54, 1.807) is 0 Å². The molecule has 0 aliphatic carbocycles. The van der Waals surface area contributed by atoms with Crippen LogP contribution in [0.4, 0.5) is 0 Å². The Bertz CT molecular complexity index is 221. The third-order valence-corrected chi connectivity index (χ3v) is 1.70. The summed E-state index contributed by atoms with van der Waals surface area (Å²) in [5.74, 6) is 0.856. The number of nitrogens with one attached hydrogen (secondary N) is 2. The van der Waals surface area contributed by atoms with Gasteiger partial charge in [-0.05, 0) is 13.8 Å². The fourth-order valence-electron chi connectivity index (χ4n) is 0.955. The van der Waals surface area contributed by atoms with E-state index in [1.807, 2.05) is 6.92 Å². The van der Waals surface area contributed by atoms with Crippen LogP contribution in [0.1, 0.15) is 13.8 Å². The molecular weight excluding hydrogens is 279 g/mol. The molecule has 4 nitrogen and oxygen atoms in total. The van der Waals surface area contributed by atoms with Crippen LogP contribution in [0.25, 0.3) is 0 Å². The van der Waals surface area contributed by atoms with E-state index in [4.69, 9.17) is 5.26 Å². The Morgan fingerprint density at radius 1 is 1.85 bits per heavy atom. The van der Waals surface area contributed by atoms with E-state index in [2.05, 4.69) is 28.6 Å². The highest BCUT2D eigenvalue weighted by Gasteiger charge is 2.11. The lowest BCUT2D eigenvalue weighted by atomic mass is 10.2. The van der Waals surface area contributed by atoms with Gasteiger partial charge in [-0.15, -0.1) is 24.0 Å². The van der Waals surface area contributed by atoms with E-state index in [0.29, 0.717) is 12.6 Å². The summed E-state index contributed by atoms with van der Waals surface area (Å²) >= 11 is 0. The Labute approximate surface area is 95.8 Å². The Morgan fingerprint density at radius 2 is 2.54 bits per heavy atom. The van der Waals surface area contributed by atoms with Gasteiger partial charge in [0.15, 0.2) is 5.96 Å². The Morgan fingerprint density at radius 3 is 3.00 bits per heavy atom. The van der Waals surface area contributed by atoms with Gasteiger partial charge in [0.1, 0.15) is 0 Å². The summed E-state index contributed by atoms with van der Waals surface area (Å²) in [5, 5.41) is 14.8. The maximum atomic E-state index is 8.51. The molecule has 2 atom stereocenters. The smallest absolute Gasteiger partial charge is 0.191 e. The van der Waals surface area contributed by atoms with Crippen molar-refractivity contribution in [3.05, 3.63) is 0 Å². The molecule has 2 N–H and O–H groups in total. The van der Waals surface area contributed by atoms with Gasteiger partial charge >= 0.3 is 0 Å². The molecule has 1 heterocycles. The zero-order valence-corrected chi connectivity index (χ0v) is 10.2. The molecule has 0 radical (unpaired) electrons. The third-order valence-electron chi connectivity index (χ3n) is 1.70. The molecule has 74 valence electrons. The van der Waals surface area contributed by atoms with Gasteiger partial charge in [0.25, 0.3) is 0 Å². The minimum absolute atomic E-state index is 0. The highest BCUT2D eigenvalue weighted by Crippen LogP contribution is 1.93. The van der Waals surface area contributed by atoms with Gasteiger partial charge in [-0.25, -0.2) is 0 Å². The summed E-state index contributed by atoms with van der Waals surface area (Å²) in [6, 6.07) is 2.58. The van der Waals surface area contributed by atoms with Crippen LogP contribution in [0.2, 0.25) is 0 Å². The number of aliphatic imine (C=N–C) groups is 1. The molecular formula is C8H15IN4. The summed E-state index contributed by atoms with van der Waals surface area (Å²) in [6.45, 7) is 5.44. The van der Waals surface area contributed by atoms with Crippen molar-refractivity contribution in [2.75, 3.05) is 13.1 Å². The first-order valence-electron chi connectivity index (χ1n) is 4.17. The minimum atomic E-state index is 0. The number of hydrogen-bond acceptors (Lipinski definition) is 4. The zero-order valence-electron chi connectivity index (χ0n) is 7.87. The van der Waals surface area contributed by atoms with Crippen molar-refractivity contribution in [1.29, 1.82) is 5.26 Å². The molecule has 1 rings (SSSR count). The molecule has 0 saturated heterocycles. The normalized spacial score (nSPS) is 21.9. The number of guanidine groups is 1. The average molecular weight is 294 g/mol. The van der Waals surface area contributed by atoms with Crippen LogP contribution in [0.15, 0.2) is 4.99 Å². The quantitative estimate of drug-likeness (QED) is 0.737. The summed E-state index contributed by atoms with van der Waals surface area (Å²) in [6.07, 6.45) is 0.